The number of amides is 1. The minimum atomic E-state index is -0.538. The van der Waals surface area contributed by atoms with Crippen LogP contribution in [0.5, 0.6) is 11.5 Å². The van der Waals surface area contributed by atoms with E-state index in [0.717, 1.165) is 17.7 Å². The second kappa shape index (κ2) is 9.14. The highest BCUT2D eigenvalue weighted by atomic mass is 16.6. The number of carbonyl (C=O) groups is 1. The van der Waals surface area contributed by atoms with Crippen LogP contribution in [0.1, 0.15) is 49.9 Å². The molecule has 9 heteroatoms. The van der Waals surface area contributed by atoms with E-state index in [2.05, 4.69) is 21.9 Å². The van der Waals surface area contributed by atoms with Crippen LogP contribution in [0.25, 0.3) is 5.52 Å². The standard InChI is InChI=1S/C25H29N5O4/c1-25(2,3)34-24(31)29-9-8-18(14-29)21-12-17(22-23(26)27-15-28-30(21)22)7-6-16-10-19(32-4)13-20(11-16)33-5/h10-13,15,18H,8-9,14H2,1-5H3,(H2,26,27,28). The van der Waals surface area contributed by atoms with Gasteiger partial charge in [0.15, 0.2) is 5.82 Å². The van der Waals surface area contributed by atoms with E-state index < -0.39 is 5.60 Å². The van der Waals surface area contributed by atoms with E-state index in [-0.39, 0.29) is 12.0 Å². The molecule has 4 rings (SSSR count). The highest BCUT2D eigenvalue weighted by Crippen LogP contribution is 2.32. The molecule has 178 valence electrons. The highest BCUT2D eigenvalue weighted by molar-refractivity contribution is 5.76. The number of hydrogen-bond acceptors (Lipinski definition) is 7. The van der Waals surface area contributed by atoms with Gasteiger partial charge in [0.2, 0.25) is 0 Å². The van der Waals surface area contributed by atoms with Gasteiger partial charge in [-0.1, -0.05) is 11.8 Å². The molecule has 1 aliphatic rings. The molecule has 34 heavy (non-hydrogen) atoms. The van der Waals surface area contributed by atoms with Crippen LogP contribution in [0.4, 0.5) is 10.6 Å². The van der Waals surface area contributed by atoms with Crippen LogP contribution in [0.3, 0.4) is 0 Å². The van der Waals surface area contributed by atoms with E-state index in [1.54, 1.807) is 29.7 Å². The number of nitrogens with zero attached hydrogens (tertiary/aromatic N) is 4. The fraction of sp³-hybridized carbons (Fsp3) is 0.400. The third-order valence-electron chi connectivity index (χ3n) is 5.56. The Labute approximate surface area is 198 Å². The number of fused-ring (bicyclic) bond motifs is 1. The maximum Gasteiger partial charge on any atom is 0.410 e. The fourth-order valence-electron chi connectivity index (χ4n) is 3.99. The van der Waals surface area contributed by atoms with Gasteiger partial charge in [-0.2, -0.15) is 5.10 Å². The molecule has 2 N–H and O–H groups in total. The first-order valence-corrected chi connectivity index (χ1v) is 11.0. The van der Waals surface area contributed by atoms with E-state index in [0.29, 0.717) is 41.5 Å². The van der Waals surface area contributed by atoms with Crippen molar-refractivity contribution in [3.8, 4) is 23.3 Å². The van der Waals surface area contributed by atoms with E-state index in [1.165, 1.54) is 6.33 Å². The summed E-state index contributed by atoms with van der Waals surface area (Å²) in [6.45, 7) is 6.73. The van der Waals surface area contributed by atoms with Gasteiger partial charge in [0, 0.05) is 36.3 Å². The van der Waals surface area contributed by atoms with Gasteiger partial charge in [0.25, 0.3) is 0 Å². The number of anilines is 1. The van der Waals surface area contributed by atoms with Crippen molar-refractivity contribution in [1.82, 2.24) is 19.5 Å². The Hall–Kier alpha value is -3.93. The Balaban J connectivity index is 1.67. The lowest BCUT2D eigenvalue weighted by atomic mass is 10.0. The summed E-state index contributed by atoms with van der Waals surface area (Å²) < 4.78 is 18.0. The van der Waals surface area contributed by atoms with E-state index >= 15 is 0 Å². The third-order valence-corrected chi connectivity index (χ3v) is 5.56. The zero-order valence-corrected chi connectivity index (χ0v) is 20.1. The number of likely N-dealkylation sites (tertiary alicyclic amines) is 1. The van der Waals surface area contributed by atoms with Crippen molar-refractivity contribution < 1.29 is 19.0 Å². The Morgan fingerprint density at radius 3 is 2.47 bits per heavy atom. The second-order valence-corrected chi connectivity index (χ2v) is 9.15. The van der Waals surface area contributed by atoms with Crippen LogP contribution in [0, 0.1) is 11.8 Å². The lowest BCUT2D eigenvalue weighted by Gasteiger charge is -2.24. The van der Waals surface area contributed by atoms with Gasteiger partial charge in [0.05, 0.1) is 19.8 Å². The molecule has 1 amide bonds. The molecule has 2 aromatic heterocycles. The zero-order chi connectivity index (χ0) is 24.5. The molecule has 0 saturated carbocycles. The second-order valence-electron chi connectivity index (χ2n) is 9.15. The van der Waals surface area contributed by atoms with Crippen molar-refractivity contribution in [3.63, 3.8) is 0 Å². The van der Waals surface area contributed by atoms with Crippen LogP contribution in [0.15, 0.2) is 30.6 Å². The number of hydrogen-bond donors (Lipinski definition) is 1. The molecule has 1 atom stereocenters. The molecule has 1 fully saturated rings. The summed E-state index contributed by atoms with van der Waals surface area (Å²) in [5.41, 5.74) is 8.71. The number of carbonyl (C=O) groups excluding carboxylic acids is 1. The molecular weight excluding hydrogens is 434 g/mol. The maximum absolute atomic E-state index is 12.5. The van der Waals surface area contributed by atoms with Crippen LogP contribution >= 0.6 is 0 Å². The number of ether oxygens (including phenoxy) is 3. The van der Waals surface area contributed by atoms with Gasteiger partial charge in [-0.3, -0.25) is 0 Å². The molecule has 1 saturated heterocycles. The first-order chi connectivity index (χ1) is 16.2. The monoisotopic (exact) mass is 463 g/mol. The van der Waals surface area contributed by atoms with E-state index in [9.17, 15) is 4.79 Å². The molecule has 0 radical (unpaired) electrons. The average Bonchev–Trinajstić information content (AvgIpc) is 3.42. The largest absolute Gasteiger partial charge is 0.497 e. The van der Waals surface area contributed by atoms with Gasteiger partial charge in [-0.25, -0.2) is 14.3 Å². The molecular formula is C25H29N5O4. The van der Waals surface area contributed by atoms with Crippen LogP contribution in [-0.4, -0.2) is 58.5 Å². The normalized spacial score (nSPS) is 15.7. The minimum absolute atomic E-state index is 0.0711. The summed E-state index contributed by atoms with van der Waals surface area (Å²) in [5, 5.41) is 4.43. The van der Waals surface area contributed by atoms with Crippen LogP contribution in [0.2, 0.25) is 0 Å². The number of methoxy groups -OCH3 is 2. The topological polar surface area (TPSA) is 104 Å². The smallest absolute Gasteiger partial charge is 0.410 e. The zero-order valence-electron chi connectivity index (χ0n) is 20.1. The summed E-state index contributed by atoms with van der Waals surface area (Å²) in [7, 11) is 3.19. The van der Waals surface area contributed by atoms with Gasteiger partial charge in [-0.05, 0) is 45.4 Å². The Kier molecular flexibility index (Phi) is 6.24. The molecule has 0 aliphatic carbocycles. The summed E-state index contributed by atoms with van der Waals surface area (Å²) in [6.07, 6.45) is 1.91. The van der Waals surface area contributed by atoms with Crippen LogP contribution in [-0.2, 0) is 4.74 Å². The SMILES string of the molecule is COc1cc(C#Cc2cc(C3CCN(C(=O)OC(C)(C)C)C3)n3ncnc(N)c23)cc(OC)c1. The lowest BCUT2D eigenvalue weighted by molar-refractivity contribution is 0.0292. The number of benzene rings is 1. The van der Waals surface area contributed by atoms with Crippen LogP contribution < -0.4 is 15.2 Å². The highest BCUT2D eigenvalue weighted by Gasteiger charge is 2.32. The first kappa shape index (κ1) is 23.2. The van der Waals surface area contributed by atoms with E-state index in [4.69, 9.17) is 19.9 Å². The van der Waals surface area contributed by atoms with Gasteiger partial charge in [-0.15, -0.1) is 0 Å². The molecule has 3 aromatic rings. The van der Waals surface area contributed by atoms with Crippen molar-refractivity contribution in [1.29, 1.82) is 0 Å². The predicted molar refractivity (Wildman–Crippen MR) is 128 cm³/mol. The third kappa shape index (κ3) is 4.86. The maximum atomic E-state index is 12.5. The number of nitrogen functional groups attached to an aromatic ring is 1. The van der Waals surface area contributed by atoms with Crippen molar-refractivity contribution in [2.75, 3.05) is 33.0 Å². The summed E-state index contributed by atoms with van der Waals surface area (Å²) in [6, 6.07) is 7.45. The molecule has 0 bridgehead atoms. The number of nitrogens with two attached hydrogens (primary N) is 1. The van der Waals surface area contributed by atoms with Gasteiger partial charge >= 0.3 is 6.09 Å². The number of aromatic nitrogens is 3. The molecule has 1 aromatic carbocycles. The fourth-order valence-corrected chi connectivity index (χ4v) is 3.99. The minimum Gasteiger partial charge on any atom is -0.497 e. The average molecular weight is 464 g/mol. The Morgan fingerprint density at radius 2 is 1.82 bits per heavy atom. The Bertz CT molecular complexity index is 1260. The molecule has 9 nitrogen and oxygen atoms in total. The molecule has 3 heterocycles. The van der Waals surface area contributed by atoms with Crippen molar-refractivity contribution >= 4 is 17.4 Å². The van der Waals surface area contributed by atoms with Crippen molar-refractivity contribution in [2.24, 2.45) is 0 Å². The molecule has 0 spiro atoms. The summed E-state index contributed by atoms with van der Waals surface area (Å²) in [4.78, 5) is 18.4. The van der Waals surface area contributed by atoms with Gasteiger partial charge < -0.3 is 24.8 Å². The van der Waals surface area contributed by atoms with Gasteiger partial charge in [0.1, 0.15) is 28.9 Å². The quantitative estimate of drug-likeness (QED) is 0.593. The molecule has 1 aliphatic heterocycles. The van der Waals surface area contributed by atoms with E-state index in [1.807, 2.05) is 39.0 Å². The van der Waals surface area contributed by atoms with Crippen molar-refractivity contribution in [3.05, 3.63) is 47.4 Å². The predicted octanol–water partition coefficient (Wildman–Crippen LogP) is 3.45. The van der Waals surface area contributed by atoms with Crippen molar-refractivity contribution in [2.45, 2.75) is 38.7 Å². The summed E-state index contributed by atoms with van der Waals surface area (Å²) >= 11 is 0. The number of rotatable bonds is 3. The lowest BCUT2D eigenvalue weighted by Crippen LogP contribution is -2.35. The Morgan fingerprint density at radius 1 is 1.12 bits per heavy atom. The molecule has 1 unspecified atom stereocenters. The summed E-state index contributed by atoms with van der Waals surface area (Å²) in [5.74, 6) is 8.10. The first-order valence-electron chi connectivity index (χ1n) is 11.0.